The molecule has 150 valence electrons. The summed E-state index contributed by atoms with van der Waals surface area (Å²) in [5.74, 6) is -1.60. The normalized spacial score (nSPS) is 11.1. The number of carbonyl (C=O) groups excluding carboxylic acids is 1. The van der Waals surface area contributed by atoms with Crippen molar-refractivity contribution >= 4 is 44.1 Å². The topological polar surface area (TPSA) is 125 Å². The first-order chi connectivity index (χ1) is 13.7. The maximum Gasteiger partial charge on any atom is 0.337 e. The van der Waals surface area contributed by atoms with E-state index >= 15 is 0 Å². The van der Waals surface area contributed by atoms with Crippen LogP contribution >= 0.6 is 11.3 Å². The quantitative estimate of drug-likeness (QED) is 0.528. The van der Waals surface area contributed by atoms with Gasteiger partial charge in [-0.25, -0.2) is 18.2 Å². The molecule has 1 amide bonds. The van der Waals surface area contributed by atoms with Crippen LogP contribution in [0.5, 0.6) is 0 Å². The molecular formula is C19H17N3O5S2. The molecule has 0 aliphatic carbocycles. The number of thiazole rings is 1. The third-order valence-electron chi connectivity index (χ3n) is 3.85. The Morgan fingerprint density at radius 1 is 1.14 bits per heavy atom. The van der Waals surface area contributed by atoms with Crippen LogP contribution in [0.3, 0.4) is 0 Å². The van der Waals surface area contributed by atoms with Crippen molar-refractivity contribution < 1.29 is 23.1 Å². The molecule has 0 aliphatic rings. The number of sulfonamides is 1. The summed E-state index contributed by atoms with van der Waals surface area (Å²) < 4.78 is 27.0. The van der Waals surface area contributed by atoms with Gasteiger partial charge in [0.25, 0.3) is 10.0 Å². The number of amides is 1. The highest BCUT2D eigenvalue weighted by atomic mass is 32.2. The molecule has 29 heavy (non-hydrogen) atoms. The fourth-order valence-corrected chi connectivity index (χ4v) is 4.50. The van der Waals surface area contributed by atoms with Crippen LogP contribution in [0.15, 0.2) is 58.8 Å². The molecule has 1 aromatic heterocycles. The predicted octanol–water partition coefficient (Wildman–Crippen LogP) is 3.13. The number of hydrogen-bond donors (Lipinski definition) is 3. The lowest BCUT2D eigenvalue weighted by Crippen LogP contribution is -2.17. The van der Waals surface area contributed by atoms with Gasteiger partial charge >= 0.3 is 5.97 Å². The number of carboxylic acids is 1. The highest BCUT2D eigenvalue weighted by Gasteiger charge is 2.17. The van der Waals surface area contributed by atoms with Gasteiger partial charge in [0.2, 0.25) is 5.91 Å². The van der Waals surface area contributed by atoms with E-state index in [4.69, 9.17) is 0 Å². The smallest absolute Gasteiger partial charge is 0.337 e. The van der Waals surface area contributed by atoms with Crippen LogP contribution < -0.4 is 10.0 Å². The molecule has 3 N–H and O–H groups in total. The highest BCUT2D eigenvalue weighted by Crippen LogP contribution is 2.21. The van der Waals surface area contributed by atoms with Crippen molar-refractivity contribution in [3.63, 3.8) is 0 Å². The second-order valence-corrected chi connectivity index (χ2v) is 8.68. The Morgan fingerprint density at radius 3 is 2.55 bits per heavy atom. The van der Waals surface area contributed by atoms with Crippen molar-refractivity contribution in [1.29, 1.82) is 0 Å². The van der Waals surface area contributed by atoms with Gasteiger partial charge in [0, 0.05) is 5.38 Å². The Kier molecular flexibility index (Phi) is 5.95. The summed E-state index contributed by atoms with van der Waals surface area (Å²) in [5, 5.41) is 13.5. The van der Waals surface area contributed by atoms with Gasteiger partial charge in [0.05, 0.1) is 28.3 Å². The van der Waals surface area contributed by atoms with Gasteiger partial charge in [0.1, 0.15) is 0 Å². The predicted molar refractivity (Wildman–Crippen MR) is 110 cm³/mol. The molecule has 2 aromatic carbocycles. The number of carbonyl (C=O) groups is 2. The number of hydrogen-bond acceptors (Lipinski definition) is 6. The van der Waals surface area contributed by atoms with Crippen molar-refractivity contribution in [2.75, 3.05) is 10.0 Å². The largest absolute Gasteiger partial charge is 0.478 e. The monoisotopic (exact) mass is 431 g/mol. The van der Waals surface area contributed by atoms with Crippen LogP contribution in [0.2, 0.25) is 0 Å². The molecule has 0 spiro atoms. The summed E-state index contributed by atoms with van der Waals surface area (Å²) in [7, 11) is -3.76. The fraction of sp³-hybridized carbons (Fsp3) is 0.105. The van der Waals surface area contributed by atoms with Crippen LogP contribution in [0.1, 0.15) is 21.6 Å². The molecule has 0 saturated carbocycles. The fourth-order valence-electron chi connectivity index (χ4n) is 2.51. The number of aromatic carboxylic acids is 1. The van der Waals surface area contributed by atoms with Crippen molar-refractivity contribution in [2.45, 2.75) is 18.2 Å². The van der Waals surface area contributed by atoms with Crippen molar-refractivity contribution in [3.05, 3.63) is 70.7 Å². The van der Waals surface area contributed by atoms with E-state index in [-0.39, 0.29) is 27.7 Å². The maximum atomic E-state index is 12.3. The molecule has 0 atom stereocenters. The van der Waals surface area contributed by atoms with Crippen LogP contribution in [-0.4, -0.2) is 30.4 Å². The summed E-state index contributed by atoms with van der Waals surface area (Å²) in [6, 6.07) is 12.6. The minimum atomic E-state index is -3.76. The van der Waals surface area contributed by atoms with E-state index in [1.165, 1.54) is 24.3 Å². The van der Waals surface area contributed by atoms with Crippen LogP contribution in [0, 0.1) is 6.92 Å². The van der Waals surface area contributed by atoms with E-state index in [0.717, 1.165) is 16.9 Å². The van der Waals surface area contributed by atoms with Gasteiger partial charge in [0.15, 0.2) is 5.13 Å². The average molecular weight is 431 g/mol. The van der Waals surface area contributed by atoms with Crippen LogP contribution in [-0.2, 0) is 21.2 Å². The molecule has 3 rings (SSSR count). The maximum absolute atomic E-state index is 12.3. The summed E-state index contributed by atoms with van der Waals surface area (Å²) in [6.45, 7) is 1.76. The minimum absolute atomic E-state index is 0.00654. The standard InChI is InChI=1S/C19H17N3O5S2/c1-12-7-8-16(15(9-12)18(24)25)21-17(23)10-13-11-28-19(20-13)22-29(26,27)14-5-3-2-4-6-14/h2-9,11H,10H2,1H3,(H,20,22)(H,21,23)(H,24,25). The first kappa shape index (κ1) is 20.5. The lowest BCUT2D eigenvalue weighted by molar-refractivity contribution is -0.115. The van der Waals surface area contributed by atoms with E-state index in [0.29, 0.717) is 5.69 Å². The molecule has 8 nitrogen and oxygen atoms in total. The summed E-state index contributed by atoms with van der Waals surface area (Å²) in [5.41, 5.74) is 1.30. The van der Waals surface area contributed by atoms with Crippen molar-refractivity contribution in [3.8, 4) is 0 Å². The Balaban J connectivity index is 1.68. The van der Waals surface area contributed by atoms with E-state index in [9.17, 15) is 23.1 Å². The number of anilines is 2. The first-order valence-electron chi connectivity index (χ1n) is 8.40. The lowest BCUT2D eigenvalue weighted by atomic mass is 10.1. The van der Waals surface area contributed by atoms with Gasteiger partial charge in [-0.1, -0.05) is 29.8 Å². The Labute approximate surface area is 171 Å². The van der Waals surface area contributed by atoms with Gasteiger partial charge in [-0.15, -0.1) is 11.3 Å². The second kappa shape index (κ2) is 8.41. The zero-order valence-electron chi connectivity index (χ0n) is 15.2. The number of aromatic nitrogens is 1. The average Bonchev–Trinajstić information content (AvgIpc) is 3.09. The number of benzene rings is 2. The molecule has 10 heteroatoms. The van der Waals surface area contributed by atoms with E-state index < -0.39 is 21.9 Å². The SMILES string of the molecule is Cc1ccc(NC(=O)Cc2csc(NS(=O)(=O)c3ccccc3)n2)c(C(=O)O)c1. The van der Waals surface area contributed by atoms with E-state index in [2.05, 4.69) is 15.0 Å². The molecule has 0 bridgehead atoms. The summed E-state index contributed by atoms with van der Waals surface area (Å²) in [4.78, 5) is 27.9. The lowest BCUT2D eigenvalue weighted by Gasteiger charge is -2.08. The first-order valence-corrected chi connectivity index (χ1v) is 10.8. The third-order valence-corrected chi connectivity index (χ3v) is 6.14. The third kappa shape index (κ3) is 5.18. The minimum Gasteiger partial charge on any atom is -0.478 e. The van der Waals surface area contributed by atoms with Crippen LogP contribution in [0.25, 0.3) is 0 Å². The van der Waals surface area contributed by atoms with Crippen molar-refractivity contribution in [2.24, 2.45) is 0 Å². The molecule has 0 unspecified atom stereocenters. The Morgan fingerprint density at radius 2 is 1.86 bits per heavy atom. The van der Waals surface area contributed by atoms with Gasteiger partial charge in [-0.3, -0.25) is 9.52 Å². The number of nitrogens with zero attached hydrogens (tertiary/aromatic N) is 1. The number of rotatable bonds is 7. The highest BCUT2D eigenvalue weighted by molar-refractivity contribution is 7.93. The molecule has 0 aliphatic heterocycles. The summed E-state index contributed by atoms with van der Waals surface area (Å²) >= 11 is 1.05. The molecular weight excluding hydrogens is 414 g/mol. The van der Waals surface area contributed by atoms with E-state index in [1.54, 1.807) is 36.6 Å². The zero-order chi connectivity index (χ0) is 21.0. The zero-order valence-corrected chi connectivity index (χ0v) is 16.9. The van der Waals surface area contributed by atoms with E-state index in [1.807, 2.05) is 0 Å². The Bertz CT molecular complexity index is 1160. The van der Waals surface area contributed by atoms with Crippen LogP contribution in [0.4, 0.5) is 10.8 Å². The molecule has 0 fully saturated rings. The molecule has 0 radical (unpaired) electrons. The van der Waals surface area contributed by atoms with Crippen molar-refractivity contribution in [1.82, 2.24) is 4.98 Å². The number of nitrogens with one attached hydrogen (secondary N) is 2. The number of aryl methyl sites for hydroxylation is 1. The van der Waals surface area contributed by atoms with Gasteiger partial charge in [-0.05, 0) is 31.2 Å². The molecule has 3 aromatic rings. The van der Waals surface area contributed by atoms with Gasteiger partial charge in [-0.2, -0.15) is 0 Å². The molecule has 0 saturated heterocycles. The summed E-state index contributed by atoms with van der Waals surface area (Å²) in [6.07, 6.45) is -0.128. The second-order valence-electron chi connectivity index (χ2n) is 6.14. The molecule has 1 heterocycles. The van der Waals surface area contributed by atoms with Gasteiger partial charge < -0.3 is 10.4 Å². The Hall–Kier alpha value is -3.24. The number of carboxylic acid groups (broad SMARTS) is 1.